The number of methoxy groups -OCH3 is 1. The van der Waals surface area contributed by atoms with Crippen LogP contribution in [0, 0.1) is 15.9 Å². The van der Waals surface area contributed by atoms with Gasteiger partial charge in [0.05, 0.1) is 36.4 Å². The van der Waals surface area contributed by atoms with Gasteiger partial charge in [0, 0.05) is 13.5 Å². The summed E-state index contributed by atoms with van der Waals surface area (Å²) in [5, 5.41) is 11.1. The van der Waals surface area contributed by atoms with E-state index in [-0.39, 0.29) is 6.61 Å². The van der Waals surface area contributed by atoms with Crippen LogP contribution in [0.15, 0.2) is 12.1 Å². The SMILES string of the molecule is COC(=O)c1cc(N(C(=O)C(C)=O)C2CCOC2)c(F)cc1[N+](=O)[O-]. The van der Waals surface area contributed by atoms with Gasteiger partial charge in [-0.25, -0.2) is 9.18 Å². The lowest BCUT2D eigenvalue weighted by Crippen LogP contribution is -2.44. The minimum Gasteiger partial charge on any atom is -0.465 e. The number of halogens is 1. The number of nitro benzene ring substituents is 1. The van der Waals surface area contributed by atoms with Gasteiger partial charge in [0.15, 0.2) is 5.82 Å². The van der Waals surface area contributed by atoms with Crippen molar-refractivity contribution in [2.24, 2.45) is 0 Å². The molecular weight excluding hydrogens is 339 g/mol. The summed E-state index contributed by atoms with van der Waals surface area (Å²) in [6.07, 6.45) is 0.350. The third-order valence-corrected chi connectivity index (χ3v) is 3.72. The van der Waals surface area contributed by atoms with E-state index in [2.05, 4.69) is 4.74 Å². The van der Waals surface area contributed by atoms with Crippen LogP contribution in [0.1, 0.15) is 23.7 Å². The zero-order chi connectivity index (χ0) is 18.7. The largest absolute Gasteiger partial charge is 0.465 e. The summed E-state index contributed by atoms with van der Waals surface area (Å²) in [7, 11) is 1.01. The Morgan fingerprint density at radius 1 is 1.40 bits per heavy atom. The zero-order valence-corrected chi connectivity index (χ0v) is 13.5. The van der Waals surface area contributed by atoms with Gasteiger partial charge in [-0.1, -0.05) is 0 Å². The first-order valence-corrected chi connectivity index (χ1v) is 7.26. The van der Waals surface area contributed by atoms with Crippen LogP contribution in [0.4, 0.5) is 15.8 Å². The molecule has 1 fully saturated rings. The molecule has 0 N–H and O–H groups in total. The number of carbonyl (C=O) groups is 3. The fourth-order valence-electron chi connectivity index (χ4n) is 2.53. The Balaban J connectivity index is 2.64. The molecule has 0 saturated carbocycles. The number of nitro groups is 1. The van der Waals surface area contributed by atoms with E-state index < -0.39 is 51.4 Å². The van der Waals surface area contributed by atoms with Gasteiger partial charge in [-0.05, 0) is 12.5 Å². The molecule has 1 amide bonds. The number of esters is 1. The molecular formula is C15H15FN2O7. The Hall–Kier alpha value is -2.88. The summed E-state index contributed by atoms with van der Waals surface area (Å²) in [6, 6.07) is 0.744. The summed E-state index contributed by atoms with van der Waals surface area (Å²) < 4.78 is 24.1. The smallest absolute Gasteiger partial charge is 0.344 e. The molecule has 0 aliphatic carbocycles. The first-order valence-electron chi connectivity index (χ1n) is 7.26. The van der Waals surface area contributed by atoms with E-state index in [1.165, 1.54) is 0 Å². The molecule has 134 valence electrons. The van der Waals surface area contributed by atoms with E-state index in [0.717, 1.165) is 25.0 Å². The highest BCUT2D eigenvalue weighted by atomic mass is 19.1. The molecule has 0 bridgehead atoms. The summed E-state index contributed by atoms with van der Waals surface area (Å²) in [4.78, 5) is 46.6. The molecule has 9 nitrogen and oxygen atoms in total. The van der Waals surface area contributed by atoms with Crippen molar-refractivity contribution in [3.8, 4) is 0 Å². The van der Waals surface area contributed by atoms with Crippen LogP contribution in [0.3, 0.4) is 0 Å². The van der Waals surface area contributed by atoms with Crippen LogP contribution in [0.5, 0.6) is 0 Å². The van der Waals surface area contributed by atoms with Crippen molar-refractivity contribution in [1.82, 2.24) is 0 Å². The van der Waals surface area contributed by atoms with Gasteiger partial charge in [-0.2, -0.15) is 0 Å². The predicted molar refractivity (Wildman–Crippen MR) is 81.8 cm³/mol. The van der Waals surface area contributed by atoms with Crippen LogP contribution < -0.4 is 4.90 Å². The number of ketones is 1. The molecule has 0 spiro atoms. The highest BCUT2D eigenvalue weighted by Crippen LogP contribution is 2.32. The highest BCUT2D eigenvalue weighted by molar-refractivity contribution is 6.40. The lowest BCUT2D eigenvalue weighted by molar-refractivity contribution is -0.385. The van der Waals surface area contributed by atoms with Gasteiger partial charge in [0.1, 0.15) is 5.56 Å². The molecule has 10 heteroatoms. The van der Waals surface area contributed by atoms with Crippen LogP contribution in [0.2, 0.25) is 0 Å². The van der Waals surface area contributed by atoms with Gasteiger partial charge in [0.25, 0.3) is 11.6 Å². The second-order valence-corrected chi connectivity index (χ2v) is 5.32. The number of benzene rings is 1. The lowest BCUT2D eigenvalue weighted by atomic mass is 10.1. The maximum absolute atomic E-state index is 14.5. The number of hydrogen-bond donors (Lipinski definition) is 0. The van der Waals surface area contributed by atoms with Crippen molar-refractivity contribution >= 4 is 29.0 Å². The van der Waals surface area contributed by atoms with Crippen molar-refractivity contribution < 1.29 is 33.2 Å². The molecule has 0 aromatic heterocycles. The van der Waals surface area contributed by atoms with E-state index in [1.54, 1.807) is 0 Å². The van der Waals surface area contributed by atoms with Crippen LogP contribution in [-0.2, 0) is 19.1 Å². The second kappa shape index (κ2) is 7.34. The van der Waals surface area contributed by atoms with Crippen molar-refractivity contribution in [2.45, 2.75) is 19.4 Å². The van der Waals surface area contributed by atoms with Gasteiger partial charge < -0.3 is 9.47 Å². The monoisotopic (exact) mass is 354 g/mol. The number of ether oxygens (including phenoxy) is 2. The average molecular weight is 354 g/mol. The van der Waals surface area contributed by atoms with E-state index in [0.29, 0.717) is 19.1 Å². The predicted octanol–water partition coefficient (Wildman–Crippen LogP) is 1.23. The summed E-state index contributed by atoms with van der Waals surface area (Å²) in [5.41, 5.74) is -1.74. The van der Waals surface area contributed by atoms with Crippen LogP contribution >= 0.6 is 0 Å². The number of carbonyl (C=O) groups excluding carboxylic acids is 3. The topological polar surface area (TPSA) is 116 Å². The summed E-state index contributed by atoms with van der Waals surface area (Å²) in [5.74, 6) is -4.02. The maximum Gasteiger partial charge on any atom is 0.344 e. The first kappa shape index (κ1) is 18.5. The summed E-state index contributed by atoms with van der Waals surface area (Å²) in [6.45, 7) is 1.41. The molecule has 1 aliphatic heterocycles. The minimum absolute atomic E-state index is 0.0724. The minimum atomic E-state index is -1.11. The normalized spacial score (nSPS) is 16.4. The number of rotatable bonds is 5. The summed E-state index contributed by atoms with van der Waals surface area (Å²) >= 11 is 0. The molecule has 1 heterocycles. The van der Waals surface area contributed by atoms with Crippen molar-refractivity contribution in [3.05, 3.63) is 33.6 Å². The van der Waals surface area contributed by atoms with Gasteiger partial charge in [0.2, 0.25) is 5.78 Å². The zero-order valence-electron chi connectivity index (χ0n) is 13.5. The molecule has 1 saturated heterocycles. The molecule has 1 unspecified atom stereocenters. The van der Waals surface area contributed by atoms with E-state index in [1.807, 2.05) is 0 Å². The highest BCUT2D eigenvalue weighted by Gasteiger charge is 2.35. The molecule has 0 radical (unpaired) electrons. The van der Waals surface area contributed by atoms with E-state index in [9.17, 15) is 28.9 Å². The number of amides is 1. The average Bonchev–Trinajstić information content (AvgIpc) is 3.09. The number of Topliss-reactive ketones (excluding diaryl/α,β-unsaturated/α-hetero) is 1. The van der Waals surface area contributed by atoms with E-state index in [4.69, 9.17) is 4.74 Å². The van der Waals surface area contributed by atoms with Crippen molar-refractivity contribution in [1.29, 1.82) is 0 Å². The van der Waals surface area contributed by atoms with E-state index >= 15 is 0 Å². The van der Waals surface area contributed by atoms with Crippen LogP contribution in [-0.4, -0.2) is 48.9 Å². The Labute approximate surface area is 141 Å². The second-order valence-electron chi connectivity index (χ2n) is 5.32. The lowest BCUT2D eigenvalue weighted by Gasteiger charge is -2.27. The Morgan fingerprint density at radius 3 is 2.56 bits per heavy atom. The third kappa shape index (κ3) is 3.63. The molecule has 25 heavy (non-hydrogen) atoms. The molecule has 1 aromatic carbocycles. The third-order valence-electron chi connectivity index (χ3n) is 3.72. The maximum atomic E-state index is 14.5. The van der Waals surface area contributed by atoms with Gasteiger partial charge in [-0.15, -0.1) is 0 Å². The molecule has 2 rings (SSSR count). The van der Waals surface area contributed by atoms with Crippen molar-refractivity contribution in [3.63, 3.8) is 0 Å². The molecule has 1 atom stereocenters. The Bertz CT molecular complexity index is 744. The fourth-order valence-corrected chi connectivity index (χ4v) is 2.53. The number of nitrogens with zero attached hydrogens (tertiary/aromatic N) is 2. The van der Waals surface area contributed by atoms with Crippen molar-refractivity contribution in [2.75, 3.05) is 25.2 Å². The first-order chi connectivity index (χ1) is 11.8. The quantitative estimate of drug-likeness (QED) is 0.338. The fraction of sp³-hybridized carbons (Fsp3) is 0.400. The van der Waals surface area contributed by atoms with Gasteiger partial charge >= 0.3 is 5.97 Å². The van der Waals surface area contributed by atoms with Gasteiger partial charge in [-0.3, -0.25) is 24.6 Å². The number of hydrogen-bond acceptors (Lipinski definition) is 7. The van der Waals surface area contributed by atoms with Crippen LogP contribution in [0.25, 0.3) is 0 Å². The standard InChI is InChI=1S/C15H15FN2O7/c1-8(19)14(20)17(9-3-4-25-7-9)13-5-10(15(21)24-2)12(18(22)23)6-11(13)16/h5-6,9H,3-4,7H2,1-2H3. The molecule has 1 aliphatic rings. The molecule has 1 aromatic rings. The Morgan fingerprint density at radius 2 is 2.08 bits per heavy atom. The number of anilines is 1. The Kier molecular flexibility index (Phi) is 5.42.